The Morgan fingerprint density at radius 3 is 2.45 bits per heavy atom. The third-order valence-corrected chi connectivity index (χ3v) is 8.48. The number of rotatable bonds is 13. The fraction of sp³-hybridized carbons (Fsp3) is 0.739. The summed E-state index contributed by atoms with van der Waals surface area (Å²) in [6.45, 7) is 8.86. The first-order chi connectivity index (χ1) is 18.4. The predicted octanol–water partition coefficient (Wildman–Crippen LogP) is 0.507. The largest absolute Gasteiger partial charge is 0.462 e. The van der Waals surface area contributed by atoms with Gasteiger partial charge in [0.15, 0.2) is 11.3 Å². The molecule has 0 saturated carbocycles. The van der Waals surface area contributed by atoms with Gasteiger partial charge in [0, 0.05) is 30.5 Å². The van der Waals surface area contributed by atoms with Crippen molar-refractivity contribution in [3.8, 4) is 0 Å². The molecule has 1 saturated heterocycles. The molecule has 228 valence electrons. The van der Waals surface area contributed by atoms with Gasteiger partial charge in [-0.2, -0.15) is 0 Å². The molecule has 1 aliphatic heterocycles. The minimum atomic E-state index is -4.38. The van der Waals surface area contributed by atoms with E-state index < -0.39 is 73.4 Å². The lowest BCUT2D eigenvalue weighted by molar-refractivity contribution is -0.267. The highest BCUT2D eigenvalue weighted by Crippen LogP contribution is 2.48. The normalized spacial score (nSPS) is 25.5. The summed E-state index contributed by atoms with van der Waals surface area (Å²) in [5, 5.41) is 23.7. The van der Waals surface area contributed by atoms with E-state index in [4.69, 9.17) is 23.3 Å². The Kier molecular flexibility index (Phi) is 11.9. The number of thioether (sulfide) groups is 1. The number of nitrogens with one attached hydrogen (secondary N) is 2. The average Bonchev–Trinajstić information content (AvgIpc) is 3.10. The van der Waals surface area contributed by atoms with Crippen LogP contribution < -0.4 is 16.3 Å². The Bertz CT molecular complexity index is 1200. The summed E-state index contributed by atoms with van der Waals surface area (Å²) in [5.74, 6) is -2.79. The molecule has 0 radical (unpaired) electrons. The van der Waals surface area contributed by atoms with Gasteiger partial charge < -0.3 is 24.4 Å². The third-order valence-electron chi connectivity index (χ3n) is 5.54. The van der Waals surface area contributed by atoms with Crippen molar-refractivity contribution in [3.05, 3.63) is 33.1 Å². The summed E-state index contributed by atoms with van der Waals surface area (Å²) in [5.41, 5.74) is -2.22. The van der Waals surface area contributed by atoms with Crippen LogP contribution in [0.15, 0.2) is 21.9 Å². The van der Waals surface area contributed by atoms with Crippen molar-refractivity contribution >= 4 is 30.6 Å². The molecule has 0 aliphatic carbocycles. The van der Waals surface area contributed by atoms with Gasteiger partial charge in [-0.15, -0.1) is 0 Å². The van der Waals surface area contributed by atoms with Crippen molar-refractivity contribution in [2.24, 2.45) is 5.41 Å². The number of aromatic nitrogens is 2. The zero-order valence-corrected chi connectivity index (χ0v) is 25.2. The topological polar surface area (TPSA) is 205 Å². The molecule has 2 heterocycles. The number of methoxy groups -OCH3 is 1. The van der Waals surface area contributed by atoms with E-state index >= 15 is 0 Å². The van der Waals surface area contributed by atoms with Crippen molar-refractivity contribution in [2.45, 2.75) is 77.9 Å². The molecule has 40 heavy (non-hydrogen) atoms. The van der Waals surface area contributed by atoms with Gasteiger partial charge in [0.25, 0.3) is 5.56 Å². The van der Waals surface area contributed by atoms with E-state index in [1.165, 1.54) is 6.92 Å². The van der Waals surface area contributed by atoms with Gasteiger partial charge >= 0.3 is 19.4 Å². The van der Waals surface area contributed by atoms with Gasteiger partial charge in [0.1, 0.15) is 24.9 Å². The number of hydrogen-bond donors (Lipinski definition) is 4. The molecule has 15 nitrogen and oxygen atoms in total. The Morgan fingerprint density at radius 1 is 1.25 bits per heavy atom. The third kappa shape index (κ3) is 8.81. The summed E-state index contributed by atoms with van der Waals surface area (Å²) in [7, 11) is -3.26. The van der Waals surface area contributed by atoms with Gasteiger partial charge in [-0.25, -0.2) is 14.4 Å². The smallest absolute Gasteiger partial charge is 0.406 e. The van der Waals surface area contributed by atoms with E-state index in [1.54, 1.807) is 34.6 Å². The van der Waals surface area contributed by atoms with Crippen LogP contribution in [0.25, 0.3) is 0 Å². The van der Waals surface area contributed by atoms with Gasteiger partial charge in [-0.1, -0.05) is 32.5 Å². The number of aliphatic hydroxyl groups is 2. The van der Waals surface area contributed by atoms with E-state index in [-0.39, 0.29) is 17.5 Å². The number of aliphatic hydroxyl groups excluding tert-OH is 2. The minimum Gasteiger partial charge on any atom is -0.462 e. The molecule has 1 aromatic heterocycles. The molecule has 0 spiro atoms. The molecule has 0 aromatic carbocycles. The first kappa shape index (κ1) is 34.3. The van der Waals surface area contributed by atoms with E-state index in [9.17, 15) is 34.0 Å². The zero-order valence-electron chi connectivity index (χ0n) is 23.4. The summed E-state index contributed by atoms with van der Waals surface area (Å²) in [6.07, 6.45) is -4.47. The fourth-order valence-corrected chi connectivity index (χ4v) is 5.77. The lowest BCUT2D eigenvalue weighted by Gasteiger charge is -2.32. The lowest BCUT2D eigenvalue weighted by Crippen LogP contribution is -2.49. The summed E-state index contributed by atoms with van der Waals surface area (Å²) in [4.78, 5) is 50.2. The molecule has 1 aromatic rings. The molecular weight excluding hydrogens is 573 g/mol. The van der Waals surface area contributed by atoms with Crippen molar-refractivity contribution in [1.29, 1.82) is 0 Å². The average molecular weight is 612 g/mol. The molecular formula is C23H38N3O12PS. The highest BCUT2D eigenvalue weighted by Gasteiger charge is 2.57. The van der Waals surface area contributed by atoms with Crippen LogP contribution in [0, 0.1) is 5.41 Å². The molecule has 2 rings (SSSR count). The van der Waals surface area contributed by atoms with Crippen LogP contribution in [0.2, 0.25) is 0 Å². The SMILES string of the molecule is COC1(COP(=O)(NC(C)C(=O)OC(C)C)OCCSC(=O)C(C)(C)C)OC(n2ccc(=O)[nH]c2=O)C(O)C1O. The number of H-pyrrole nitrogens is 1. The Balaban J connectivity index is 2.24. The highest BCUT2D eigenvalue weighted by atomic mass is 32.2. The first-order valence-electron chi connectivity index (χ1n) is 12.4. The Labute approximate surface area is 235 Å². The molecule has 4 N–H and O–H groups in total. The quantitative estimate of drug-likeness (QED) is 0.136. The number of carbonyl (C=O) groups is 2. The van der Waals surface area contributed by atoms with Crippen molar-refractivity contribution in [2.75, 3.05) is 26.1 Å². The molecule has 0 amide bonds. The van der Waals surface area contributed by atoms with Gasteiger partial charge in [-0.3, -0.25) is 33.0 Å². The number of aromatic amines is 1. The second-order valence-electron chi connectivity index (χ2n) is 10.3. The van der Waals surface area contributed by atoms with Crippen molar-refractivity contribution in [3.63, 3.8) is 0 Å². The zero-order chi connectivity index (χ0) is 30.5. The van der Waals surface area contributed by atoms with Gasteiger partial charge in [0.2, 0.25) is 5.79 Å². The van der Waals surface area contributed by atoms with Gasteiger partial charge in [0.05, 0.1) is 12.7 Å². The van der Waals surface area contributed by atoms with Crippen LogP contribution in [-0.4, -0.2) is 87.1 Å². The number of nitrogens with zero attached hydrogens (tertiary/aromatic N) is 1. The van der Waals surface area contributed by atoms with E-state index in [1.807, 2.05) is 4.98 Å². The fourth-order valence-electron chi connectivity index (χ4n) is 3.38. The van der Waals surface area contributed by atoms with Crippen molar-refractivity contribution in [1.82, 2.24) is 14.6 Å². The standard InChI is InChI=1S/C23H38N3O12PS/c1-13(2)37-19(30)14(3)25-39(33,35-10-11-40-20(31)22(4,5)6)36-12-23(34-7)17(29)16(28)18(38-23)26-9-8-15(27)24-21(26)32/h8-9,13-14,16-18,28-29H,10-12H2,1-7H3,(H,25,33)(H,24,27,32). The maximum atomic E-state index is 13.7. The number of esters is 1. The summed E-state index contributed by atoms with van der Waals surface area (Å²) in [6, 6.07) is -0.151. The molecule has 17 heteroatoms. The number of hydrogen-bond acceptors (Lipinski definition) is 13. The molecule has 6 atom stereocenters. The van der Waals surface area contributed by atoms with Crippen LogP contribution >= 0.6 is 19.5 Å². The number of ether oxygens (including phenoxy) is 3. The molecule has 6 unspecified atom stereocenters. The Hall–Kier alpha value is -1.88. The second kappa shape index (κ2) is 13.9. The van der Waals surface area contributed by atoms with Crippen LogP contribution in [-0.2, 0) is 37.4 Å². The van der Waals surface area contributed by atoms with E-state index in [0.29, 0.717) is 0 Å². The maximum Gasteiger partial charge on any atom is 0.406 e. The first-order valence-corrected chi connectivity index (χ1v) is 14.9. The van der Waals surface area contributed by atoms with Crippen LogP contribution in [0.1, 0.15) is 47.8 Å². The summed E-state index contributed by atoms with van der Waals surface area (Å²) >= 11 is 0.966. The Morgan fingerprint density at radius 2 is 1.90 bits per heavy atom. The van der Waals surface area contributed by atoms with Crippen LogP contribution in [0.5, 0.6) is 0 Å². The van der Waals surface area contributed by atoms with E-state index in [0.717, 1.165) is 35.7 Å². The number of carbonyl (C=O) groups excluding carboxylic acids is 2. The monoisotopic (exact) mass is 611 g/mol. The molecule has 0 bridgehead atoms. The maximum absolute atomic E-state index is 13.7. The molecule has 1 fully saturated rings. The second-order valence-corrected chi connectivity index (χ2v) is 13.1. The van der Waals surface area contributed by atoms with Crippen LogP contribution in [0.4, 0.5) is 0 Å². The highest BCUT2D eigenvalue weighted by molar-refractivity contribution is 8.13. The predicted molar refractivity (Wildman–Crippen MR) is 143 cm³/mol. The summed E-state index contributed by atoms with van der Waals surface area (Å²) < 4.78 is 41.6. The van der Waals surface area contributed by atoms with Crippen molar-refractivity contribution < 1.29 is 47.6 Å². The van der Waals surface area contributed by atoms with E-state index in [2.05, 4.69) is 5.09 Å². The van der Waals surface area contributed by atoms with Crippen LogP contribution in [0.3, 0.4) is 0 Å². The molecule has 1 aliphatic rings. The van der Waals surface area contributed by atoms with Gasteiger partial charge in [-0.05, 0) is 20.8 Å². The lowest BCUT2D eigenvalue weighted by atomic mass is 10.00. The minimum absolute atomic E-state index is 0.112.